The lowest BCUT2D eigenvalue weighted by atomic mass is 10.0. The van der Waals surface area contributed by atoms with E-state index in [1.807, 2.05) is 12.1 Å². The highest BCUT2D eigenvalue weighted by atomic mass is 16.5. The first-order valence-corrected chi connectivity index (χ1v) is 10.4. The Hall–Kier alpha value is -4.04. The van der Waals surface area contributed by atoms with E-state index in [-0.39, 0.29) is 0 Å². The molecule has 4 aromatic carbocycles. The minimum Gasteiger partial charge on any atom is -0.497 e. The van der Waals surface area contributed by atoms with E-state index in [1.165, 1.54) is 22.4 Å². The van der Waals surface area contributed by atoms with Gasteiger partial charge in [0.25, 0.3) is 0 Å². The van der Waals surface area contributed by atoms with Crippen molar-refractivity contribution in [3.8, 4) is 45.1 Å². The van der Waals surface area contributed by atoms with Gasteiger partial charge in [-0.2, -0.15) is 0 Å². The van der Waals surface area contributed by atoms with E-state index in [2.05, 4.69) is 114 Å². The van der Waals surface area contributed by atoms with Gasteiger partial charge in [-0.1, -0.05) is 78.9 Å². The molecule has 0 saturated carbocycles. The van der Waals surface area contributed by atoms with Crippen molar-refractivity contribution in [1.82, 2.24) is 4.57 Å². The number of ether oxygens (including phenoxy) is 1. The summed E-state index contributed by atoms with van der Waals surface area (Å²) in [7, 11) is 1.70. The number of aromatic nitrogens is 1. The molecule has 0 aliphatic rings. The van der Waals surface area contributed by atoms with Gasteiger partial charge in [-0.3, -0.25) is 0 Å². The van der Waals surface area contributed by atoms with Crippen molar-refractivity contribution in [2.45, 2.75) is 0 Å². The van der Waals surface area contributed by atoms with Crippen LogP contribution in [-0.2, 0) is 0 Å². The molecule has 5 rings (SSSR count). The summed E-state index contributed by atoms with van der Waals surface area (Å²) in [6, 6.07) is 42.3. The summed E-state index contributed by atoms with van der Waals surface area (Å²) in [5.41, 5.74) is 8.19. The van der Waals surface area contributed by atoms with E-state index in [4.69, 9.17) is 4.74 Å². The van der Waals surface area contributed by atoms with Crippen LogP contribution in [-0.4, -0.2) is 11.7 Å². The van der Waals surface area contributed by atoms with Gasteiger partial charge in [-0.25, -0.2) is 0 Å². The Balaban J connectivity index is 1.86. The van der Waals surface area contributed by atoms with Gasteiger partial charge in [0.2, 0.25) is 0 Å². The van der Waals surface area contributed by atoms with Crippen LogP contribution in [0, 0.1) is 0 Å². The van der Waals surface area contributed by atoms with Crippen LogP contribution in [0.25, 0.3) is 39.3 Å². The zero-order valence-electron chi connectivity index (χ0n) is 17.4. The maximum Gasteiger partial charge on any atom is 0.118 e. The van der Waals surface area contributed by atoms with Crippen molar-refractivity contribution in [3.05, 3.63) is 121 Å². The van der Waals surface area contributed by atoms with Crippen molar-refractivity contribution < 1.29 is 4.74 Å². The summed E-state index contributed by atoms with van der Waals surface area (Å²) in [4.78, 5) is 0. The number of rotatable bonds is 5. The zero-order chi connectivity index (χ0) is 21.0. The fourth-order valence-corrected chi connectivity index (χ4v) is 4.05. The standard InChI is InChI=1S/C29H23NO/c1-31-26-19-17-24(18-20-26)29-27(22-11-5-2-6-12-22)21-28(23-13-7-3-8-14-23)30(29)25-15-9-4-10-16-25/h2-21H,1H3. The van der Waals surface area contributed by atoms with Gasteiger partial charge >= 0.3 is 0 Å². The Morgan fingerprint density at radius 2 is 1.10 bits per heavy atom. The number of hydrogen-bond donors (Lipinski definition) is 0. The average molecular weight is 402 g/mol. The third-order valence-electron chi connectivity index (χ3n) is 5.53. The summed E-state index contributed by atoms with van der Waals surface area (Å²) < 4.78 is 7.76. The first-order chi connectivity index (χ1) is 15.3. The second-order valence-corrected chi connectivity index (χ2v) is 7.42. The fourth-order valence-electron chi connectivity index (χ4n) is 4.05. The molecule has 0 fully saturated rings. The lowest BCUT2D eigenvalue weighted by Crippen LogP contribution is -2.00. The quantitative estimate of drug-likeness (QED) is 0.298. The summed E-state index contributed by atoms with van der Waals surface area (Å²) in [6.45, 7) is 0. The highest BCUT2D eigenvalue weighted by Gasteiger charge is 2.20. The van der Waals surface area contributed by atoms with Crippen LogP contribution in [0.3, 0.4) is 0 Å². The van der Waals surface area contributed by atoms with E-state index < -0.39 is 0 Å². The summed E-state index contributed by atoms with van der Waals surface area (Å²) in [5.74, 6) is 0.853. The molecule has 0 aliphatic heterocycles. The second kappa shape index (κ2) is 8.37. The van der Waals surface area contributed by atoms with Crippen molar-refractivity contribution >= 4 is 0 Å². The first kappa shape index (κ1) is 19.0. The molecule has 1 aromatic heterocycles. The maximum absolute atomic E-state index is 5.40. The summed E-state index contributed by atoms with van der Waals surface area (Å²) >= 11 is 0. The number of benzene rings is 4. The van der Waals surface area contributed by atoms with Crippen LogP contribution >= 0.6 is 0 Å². The molecule has 0 N–H and O–H groups in total. The van der Waals surface area contributed by atoms with E-state index >= 15 is 0 Å². The Kier molecular flexibility index (Phi) is 5.12. The maximum atomic E-state index is 5.40. The summed E-state index contributed by atoms with van der Waals surface area (Å²) in [6.07, 6.45) is 0. The molecule has 0 radical (unpaired) electrons. The molecule has 0 saturated heterocycles. The Morgan fingerprint density at radius 1 is 0.548 bits per heavy atom. The number of nitrogens with zero attached hydrogens (tertiary/aromatic N) is 1. The molecule has 0 bridgehead atoms. The molecular weight excluding hydrogens is 378 g/mol. The molecular formula is C29H23NO. The summed E-state index contributed by atoms with van der Waals surface area (Å²) in [5, 5.41) is 0. The normalized spacial score (nSPS) is 10.7. The van der Waals surface area contributed by atoms with Crippen LogP contribution in [0.4, 0.5) is 0 Å². The molecule has 0 atom stereocenters. The lowest BCUT2D eigenvalue weighted by molar-refractivity contribution is 0.415. The molecule has 0 unspecified atom stereocenters. The molecule has 150 valence electrons. The lowest BCUT2D eigenvalue weighted by Gasteiger charge is -2.16. The van der Waals surface area contributed by atoms with Gasteiger partial charge in [0.1, 0.15) is 5.75 Å². The largest absolute Gasteiger partial charge is 0.497 e. The zero-order valence-corrected chi connectivity index (χ0v) is 17.4. The van der Waals surface area contributed by atoms with Gasteiger partial charge in [0, 0.05) is 11.3 Å². The van der Waals surface area contributed by atoms with Gasteiger partial charge in [-0.15, -0.1) is 0 Å². The van der Waals surface area contributed by atoms with Crippen LogP contribution in [0.1, 0.15) is 0 Å². The SMILES string of the molecule is COc1ccc(-c2c(-c3ccccc3)cc(-c3ccccc3)n2-c2ccccc2)cc1. The third-order valence-corrected chi connectivity index (χ3v) is 5.53. The molecule has 0 amide bonds. The number of para-hydroxylation sites is 1. The Bertz CT molecular complexity index is 1270. The van der Waals surface area contributed by atoms with Crippen LogP contribution in [0.5, 0.6) is 5.75 Å². The van der Waals surface area contributed by atoms with Gasteiger partial charge in [-0.05, 0) is 59.2 Å². The second-order valence-electron chi connectivity index (χ2n) is 7.42. The number of hydrogen-bond acceptors (Lipinski definition) is 1. The van der Waals surface area contributed by atoms with Crippen LogP contribution in [0.2, 0.25) is 0 Å². The van der Waals surface area contributed by atoms with E-state index in [0.717, 1.165) is 22.7 Å². The molecule has 0 spiro atoms. The molecule has 2 nitrogen and oxygen atoms in total. The number of methoxy groups -OCH3 is 1. The molecule has 1 heterocycles. The topological polar surface area (TPSA) is 14.2 Å². The highest BCUT2D eigenvalue weighted by Crippen LogP contribution is 2.41. The van der Waals surface area contributed by atoms with Gasteiger partial charge < -0.3 is 9.30 Å². The third kappa shape index (κ3) is 3.64. The minimum absolute atomic E-state index is 0.853. The Morgan fingerprint density at radius 3 is 1.68 bits per heavy atom. The highest BCUT2D eigenvalue weighted by molar-refractivity contribution is 5.88. The van der Waals surface area contributed by atoms with Crippen LogP contribution in [0.15, 0.2) is 121 Å². The molecule has 0 aliphatic carbocycles. The fraction of sp³-hybridized carbons (Fsp3) is 0.0345. The first-order valence-electron chi connectivity index (χ1n) is 10.4. The van der Waals surface area contributed by atoms with Gasteiger partial charge in [0.15, 0.2) is 0 Å². The average Bonchev–Trinajstić information content (AvgIpc) is 3.26. The molecule has 5 aromatic rings. The smallest absolute Gasteiger partial charge is 0.118 e. The van der Waals surface area contributed by atoms with E-state index in [0.29, 0.717) is 0 Å². The van der Waals surface area contributed by atoms with Crippen molar-refractivity contribution in [3.63, 3.8) is 0 Å². The monoisotopic (exact) mass is 401 g/mol. The van der Waals surface area contributed by atoms with Crippen LogP contribution < -0.4 is 4.74 Å². The molecule has 31 heavy (non-hydrogen) atoms. The predicted octanol–water partition coefficient (Wildman–Crippen LogP) is 7.49. The Labute approximate surface area is 183 Å². The molecule has 2 heteroatoms. The van der Waals surface area contributed by atoms with Crippen molar-refractivity contribution in [1.29, 1.82) is 0 Å². The van der Waals surface area contributed by atoms with Crippen molar-refractivity contribution in [2.75, 3.05) is 7.11 Å². The van der Waals surface area contributed by atoms with Gasteiger partial charge in [0.05, 0.1) is 18.5 Å². The van der Waals surface area contributed by atoms with E-state index in [1.54, 1.807) is 7.11 Å². The minimum atomic E-state index is 0.853. The predicted molar refractivity (Wildman–Crippen MR) is 129 cm³/mol. The van der Waals surface area contributed by atoms with Crippen molar-refractivity contribution in [2.24, 2.45) is 0 Å². The van der Waals surface area contributed by atoms with E-state index in [9.17, 15) is 0 Å².